The minimum absolute atomic E-state index is 0.412. The number of amides is 2. The van der Waals surface area contributed by atoms with Gasteiger partial charge in [0.1, 0.15) is 6.04 Å². The third-order valence-electron chi connectivity index (χ3n) is 3.24. The summed E-state index contributed by atoms with van der Waals surface area (Å²) >= 11 is 1.69. The molecule has 1 aromatic heterocycles. The van der Waals surface area contributed by atoms with Crippen molar-refractivity contribution < 1.29 is 19.1 Å². The van der Waals surface area contributed by atoms with E-state index in [2.05, 4.69) is 15.6 Å². The molecule has 1 aromatic rings. The normalized spacial score (nSPS) is 11.8. The number of rotatable bonds is 11. The summed E-state index contributed by atoms with van der Waals surface area (Å²) in [6, 6.07) is 1.92. The van der Waals surface area contributed by atoms with Crippen LogP contribution in [-0.2, 0) is 10.5 Å². The highest BCUT2D eigenvalue weighted by atomic mass is 32.2. The Balaban J connectivity index is 2.07. The Morgan fingerprint density at radius 3 is 2.88 bits per heavy atom. The van der Waals surface area contributed by atoms with Crippen LogP contribution in [0, 0.1) is 5.95 Å². The van der Waals surface area contributed by atoms with E-state index in [-0.39, 0.29) is 0 Å². The van der Waals surface area contributed by atoms with Crippen LogP contribution >= 0.6 is 11.8 Å². The van der Waals surface area contributed by atoms with Gasteiger partial charge in [-0.1, -0.05) is 13.3 Å². The molecule has 1 rings (SSSR count). The first-order valence-corrected chi connectivity index (χ1v) is 9.13. The molecule has 24 heavy (non-hydrogen) atoms. The van der Waals surface area contributed by atoms with Crippen molar-refractivity contribution in [2.45, 2.75) is 44.4 Å². The SMILES string of the molecule is CCCC(NC(=O)NCCCCSCc1ccnc([18F])c1)C(=O)O. The maximum Gasteiger partial charge on any atom is 0.326 e. The average Bonchev–Trinajstić information content (AvgIpc) is 2.53. The highest BCUT2D eigenvalue weighted by Gasteiger charge is 2.18. The zero-order chi connectivity index (χ0) is 17.8. The summed E-state index contributed by atoms with van der Waals surface area (Å²) in [4.78, 5) is 26.1. The lowest BCUT2D eigenvalue weighted by Gasteiger charge is -2.14. The van der Waals surface area contributed by atoms with Gasteiger partial charge < -0.3 is 15.7 Å². The molecule has 1 atom stereocenters. The van der Waals surface area contributed by atoms with E-state index in [1.54, 1.807) is 17.8 Å². The molecular formula is C16H24FN3O3S. The number of carbonyl (C=O) groups excluding carboxylic acids is 1. The van der Waals surface area contributed by atoms with Gasteiger partial charge in [-0.2, -0.15) is 16.2 Å². The zero-order valence-corrected chi connectivity index (χ0v) is 14.6. The van der Waals surface area contributed by atoms with E-state index in [4.69, 9.17) is 5.11 Å². The number of pyridine rings is 1. The lowest BCUT2D eigenvalue weighted by atomic mass is 10.2. The summed E-state index contributed by atoms with van der Waals surface area (Å²) < 4.78 is 12.9. The first kappa shape index (κ1) is 20.2. The maximum absolute atomic E-state index is 12.9. The highest BCUT2D eigenvalue weighted by molar-refractivity contribution is 7.98. The fourth-order valence-corrected chi connectivity index (χ4v) is 2.98. The van der Waals surface area contributed by atoms with E-state index in [9.17, 15) is 14.0 Å². The Kier molecular flexibility index (Phi) is 9.83. The van der Waals surface area contributed by atoms with Crippen LogP contribution in [0.1, 0.15) is 38.2 Å². The summed E-state index contributed by atoms with van der Waals surface area (Å²) in [6.07, 6.45) is 4.27. The number of urea groups is 1. The fraction of sp³-hybridized carbons (Fsp3) is 0.562. The summed E-state index contributed by atoms with van der Waals surface area (Å²) in [5.41, 5.74) is 0.903. The molecule has 0 aliphatic carbocycles. The molecule has 8 heteroatoms. The number of aliphatic carboxylic acids is 1. The topological polar surface area (TPSA) is 91.3 Å². The van der Waals surface area contributed by atoms with E-state index in [0.717, 1.165) is 29.9 Å². The summed E-state index contributed by atoms with van der Waals surface area (Å²) in [6.45, 7) is 2.36. The van der Waals surface area contributed by atoms with Crippen LogP contribution in [0.3, 0.4) is 0 Å². The predicted molar refractivity (Wildman–Crippen MR) is 92.5 cm³/mol. The lowest BCUT2D eigenvalue weighted by Crippen LogP contribution is -2.46. The molecule has 0 spiro atoms. The quantitative estimate of drug-likeness (QED) is 0.419. The number of halogens is 1. The first-order valence-electron chi connectivity index (χ1n) is 7.98. The molecule has 0 aliphatic rings. The van der Waals surface area contributed by atoms with Crippen LogP contribution in [-0.4, -0.2) is 40.4 Å². The molecule has 0 bridgehead atoms. The average molecular weight is 356 g/mol. The van der Waals surface area contributed by atoms with Crippen LogP contribution in [0.5, 0.6) is 0 Å². The van der Waals surface area contributed by atoms with Gasteiger partial charge in [0.15, 0.2) is 0 Å². The number of carbonyl (C=O) groups is 2. The second-order valence-corrected chi connectivity index (χ2v) is 6.43. The van der Waals surface area contributed by atoms with Crippen LogP contribution < -0.4 is 10.6 Å². The van der Waals surface area contributed by atoms with Gasteiger partial charge in [0.2, 0.25) is 5.95 Å². The molecule has 3 N–H and O–H groups in total. The Bertz CT molecular complexity index is 531. The fourth-order valence-electron chi connectivity index (χ4n) is 2.01. The maximum atomic E-state index is 12.9. The van der Waals surface area contributed by atoms with E-state index in [1.807, 2.05) is 6.92 Å². The number of carboxylic acids is 1. The van der Waals surface area contributed by atoms with E-state index in [1.165, 1.54) is 12.3 Å². The molecule has 0 aliphatic heterocycles. The summed E-state index contributed by atoms with van der Waals surface area (Å²) in [5, 5.41) is 14.1. The number of nitrogens with zero attached hydrogens (tertiary/aromatic N) is 1. The van der Waals surface area contributed by atoms with Gasteiger partial charge in [0, 0.05) is 18.5 Å². The summed E-state index contributed by atoms with van der Waals surface area (Å²) in [5.74, 6) is 0.146. The minimum atomic E-state index is -1.02. The number of carboxylic acid groups (broad SMARTS) is 1. The van der Waals surface area contributed by atoms with Crippen LogP contribution in [0.2, 0.25) is 0 Å². The standard InChI is InChI=1S/C16H24FN3O3S/c1-2-5-13(15(21)22)20-16(23)19-7-3-4-9-24-11-12-6-8-18-14(17)10-12/h6,8,10,13H,2-5,7,9,11H2,1H3,(H,21,22)(H2,19,20,23)/i17-1. The Morgan fingerprint density at radius 1 is 1.42 bits per heavy atom. The second kappa shape index (κ2) is 11.7. The van der Waals surface area contributed by atoms with Crippen LogP contribution in [0.15, 0.2) is 18.3 Å². The number of nitrogens with one attached hydrogen (secondary N) is 2. The Labute approximate surface area is 145 Å². The number of hydrogen-bond acceptors (Lipinski definition) is 4. The molecule has 134 valence electrons. The Hall–Kier alpha value is -1.83. The molecule has 0 fully saturated rings. The highest BCUT2D eigenvalue weighted by Crippen LogP contribution is 2.13. The molecule has 0 saturated heterocycles. The Morgan fingerprint density at radius 2 is 2.21 bits per heavy atom. The van der Waals surface area contributed by atoms with Gasteiger partial charge in [-0.15, -0.1) is 0 Å². The van der Waals surface area contributed by atoms with Crippen molar-refractivity contribution in [3.63, 3.8) is 0 Å². The van der Waals surface area contributed by atoms with E-state index in [0.29, 0.717) is 19.4 Å². The van der Waals surface area contributed by atoms with Crippen LogP contribution in [0.25, 0.3) is 0 Å². The van der Waals surface area contributed by atoms with Gasteiger partial charge in [-0.05, 0) is 42.7 Å². The van der Waals surface area contributed by atoms with Crippen molar-refractivity contribution >= 4 is 23.8 Å². The van der Waals surface area contributed by atoms with Gasteiger partial charge in [0.05, 0.1) is 0 Å². The van der Waals surface area contributed by atoms with Crippen molar-refractivity contribution in [3.8, 4) is 0 Å². The molecule has 0 radical (unpaired) electrons. The molecule has 0 aromatic carbocycles. The van der Waals surface area contributed by atoms with Crippen molar-refractivity contribution in [3.05, 3.63) is 29.8 Å². The molecule has 1 heterocycles. The monoisotopic (exact) mass is 356 g/mol. The van der Waals surface area contributed by atoms with E-state index >= 15 is 0 Å². The van der Waals surface area contributed by atoms with Crippen molar-refractivity contribution in [2.75, 3.05) is 12.3 Å². The summed E-state index contributed by atoms with van der Waals surface area (Å²) in [7, 11) is 0. The van der Waals surface area contributed by atoms with Crippen molar-refractivity contribution in [2.24, 2.45) is 0 Å². The second-order valence-electron chi connectivity index (χ2n) is 5.33. The molecule has 2 amide bonds. The number of hydrogen-bond donors (Lipinski definition) is 3. The molecule has 6 nitrogen and oxygen atoms in total. The number of aromatic nitrogens is 1. The molecule has 0 saturated carbocycles. The first-order chi connectivity index (χ1) is 11.5. The minimum Gasteiger partial charge on any atom is -0.480 e. The van der Waals surface area contributed by atoms with Gasteiger partial charge >= 0.3 is 12.0 Å². The molecular weight excluding hydrogens is 332 g/mol. The predicted octanol–water partition coefficient (Wildman–Crippen LogP) is 2.79. The largest absolute Gasteiger partial charge is 0.480 e. The number of unbranched alkanes of at least 4 members (excludes halogenated alkanes) is 1. The van der Waals surface area contributed by atoms with E-state index < -0.39 is 24.0 Å². The smallest absolute Gasteiger partial charge is 0.326 e. The van der Waals surface area contributed by atoms with Gasteiger partial charge in [0.25, 0.3) is 0 Å². The van der Waals surface area contributed by atoms with Crippen molar-refractivity contribution in [1.82, 2.24) is 15.6 Å². The third-order valence-corrected chi connectivity index (χ3v) is 4.36. The number of thioether (sulfide) groups is 1. The lowest BCUT2D eigenvalue weighted by molar-refractivity contribution is -0.139. The zero-order valence-electron chi connectivity index (χ0n) is 13.8. The van der Waals surface area contributed by atoms with Crippen LogP contribution in [0.4, 0.5) is 9.18 Å². The van der Waals surface area contributed by atoms with Gasteiger partial charge in [-0.25, -0.2) is 14.6 Å². The third kappa shape index (κ3) is 8.71. The van der Waals surface area contributed by atoms with Crippen molar-refractivity contribution in [1.29, 1.82) is 0 Å². The van der Waals surface area contributed by atoms with Gasteiger partial charge in [-0.3, -0.25) is 0 Å². The molecule has 1 unspecified atom stereocenters.